The fourth-order valence-corrected chi connectivity index (χ4v) is 3.93. The third-order valence-electron chi connectivity index (χ3n) is 6.20. The number of nitrogens with zero attached hydrogens (tertiary/aromatic N) is 1. The number of cyclic esters (lactones) is 1. The lowest BCUT2D eigenvalue weighted by atomic mass is 10.0. The Kier molecular flexibility index (Phi) is 12.6. The van der Waals surface area contributed by atoms with Crippen LogP contribution in [-0.4, -0.2) is 92.7 Å². The van der Waals surface area contributed by atoms with E-state index in [1.54, 1.807) is 44.2 Å². The van der Waals surface area contributed by atoms with E-state index < -0.39 is 67.7 Å². The Bertz CT molecular complexity index is 1330. The van der Waals surface area contributed by atoms with Gasteiger partial charge < -0.3 is 43.6 Å². The molecule has 2 aromatic rings. The number of nitrogens with one attached hydrogen (secondary N) is 1. The second-order valence-electron chi connectivity index (χ2n) is 9.84. The molecule has 14 heteroatoms. The molecule has 1 amide bonds. The molecule has 1 saturated heterocycles. The normalized spacial score (nSPS) is 21.3. The third-order valence-corrected chi connectivity index (χ3v) is 6.20. The van der Waals surface area contributed by atoms with Gasteiger partial charge in [0.2, 0.25) is 6.79 Å². The van der Waals surface area contributed by atoms with Crippen LogP contribution in [0.1, 0.15) is 36.8 Å². The zero-order valence-electron chi connectivity index (χ0n) is 25.0. The summed E-state index contributed by atoms with van der Waals surface area (Å²) < 4.78 is 37.2. The summed E-state index contributed by atoms with van der Waals surface area (Å²) in [6.45, 7) is 3.37. The van der Waals surface area contributed by atoms with E-state index >= 15 is 0 Å². The van der Waals surface area contributed by atoms with Crippen LogP contribution in [0.5, 0.6) is 11.5 Å². The molecule has 1 aromatic carbocycles. The van der Waals surface area contributed by atoms with Gasteiger partial charge in [-0.05, 0) is 18.6 Å². The Labute approximate surface area is 254 Å². The summed E-state index contributed by atoms with van der Waals surface area (Å²) in [5, 5.41) is 13.5. The van der Waals surface area contributed by atoms with E-state index in [0.29, 0.717) is 5.56 Å². The van der Waals surface area contributed by atoms with Crippen LogP contribution < -0.4 is 14.8 Å². The van der Waals surface area contributed by atoms with E-state index in [2.05, 4.69) is 10.3 Å². The summed E-state index contributed by atoms with van der Waals surface area (Å²) in [6, 6.07) is 8.96. The summed E-state index contributed by atoms with van der Waals surface area (Å²) in [5.41, 5.74) is 0.323. The van der Waals surface area contributed by atoms with Gasteiger partial charge in [0.15, 0.2) is 29.6 Å². The van der Waals surface area contributed by atoms with Gasteiger partial charge in [-0.25, -0.2) is 14.6 Å². The first-order valence-corrected chi connectivity index (χ1v) is 13.6. The van der Waals surface area contributed by atoms with Crippen molar-refractivity contribution >= 4 is 29.9 Å². The van der Waals surface area contributed by atoms with E-state index in [1.807, 2.05) is 0 Å². The maximum Gasteiger partial charge on any atom is 0.337 e. The van der Waals surface area contributed by atoms with E-state index in [0.717, 1.165) is 0 Å². The minimum absolute atomic E-state index is 0.0231. The zero-order chi connectivity index (χ0) is 32.2. The number of ether oxygens (including phenoxy) is 7. The molecule has 14 nitrogen and oxygen atoms in total. The van der Waals surface area contributed by atoms with Crippen molar-refractivity contribution in [3.05, 3.63) is 59.4 Å². The van der Waals surface area contributed by atoms with Crippen LogP contribution in [0, 0.1) is 5.92 Å². The third kappa shape index (κ3) is 9.23. The first-order chi connectivity index (χ1) is 21.0. The lowest BCUT2D eigenvalue weighted by molar-refractivity contribution is -0.183. The van der Waals surface area contributed by atoms with Crippen LogP contribution in [0.2, 0.25) is 0 Å². The number of aromatic nitrogens is 1. The number of hydrogen-bond acceptors (Lipinski definition) is 13. The fourth-order valence-electron chi connectivity index (χ4n) is 3.93. The second kappa shape index (κ2) is 16.4. The Hall–Kier alpha value is -4.53. The molecule has 0 saturated carbocycles. The summed E-state index contributed by atoms with van der Waals surface area (Å²) in [6.07, 6.45) is -1.23. The van der Waals surface area contributed by atoms with Gasteiger partial charge >= 0.3 is 17.9 Å². The molecule has 44 heavy (non-hydrogen) atoms. The topological polar surface area (TPSA) is 178 Å². The van der Waals surface area contributed by atoms with Crippen molar-refractivity contribution in [1.82, 2.24) is 10.3 Å². The van der Waals surface area contributed by atoms with Gasteiger partial charge in [0.25, 0.3) is 5.91 Å². The maximum atomic E-state index is 13.4. The highest BCUT2D eigenvalue weighted by Crippen LogP contribution is 2.30. The highest BCUT2D eigenvalue weighted by Gasteiger charge is 2.38. The van der Waals surface area contributed by atoms with Gasteiger partial charge in [0, 0.05) is 19.4 Å². The van der Waals surface area contributed by atoms with Crippen molar-refractivity contribution in [1.29, 1.82) is 0 Å². The van der Waals surface area contributed by atoms with Gasteiger partial charge in [0.05, 0.1) is 24.7 Å². The van der Waals surface area contributed by atoms with Crippen LogP contribution in [0.25, 0.3) is 6.08 Å². The van der Waals surface area contributed by atoms with Crippen LogP contribution in [0.3, 0.4) is 0 Å². The number of amides is 1. The molecule has 2 heterocycles. The number of pyridine rings is 1. The molecular formula is C30H36N2O12. The van der Waals surface area contributed by atoms with Crippen LogP contribution in [0.15, 0.2) is 48.2 Å². The predicted molar refractivity (Wildman–Crippen MR) is 152 cm³/mol. The number of carbonyl (C=O) groups is 4. The monoisotopic (exact) mass is 616 g/mol. The molecule has 1 unspecified atom stereocenters. The molecule has 0 spiro atoms. The quantitative estimate of drug-likeness (QED) is 0.161. The SMILES string of the molecule is COCC(=O)OCOc1c(OC)ccnc1C(=O)N[C@H]1COC(=O)/C(=C/c2ccccc2)[C@@H](OC(=O)C(C)C)[C@H](C)OC1O. The van der Waals surface area contributed by atoms with Crippen molar-refractivity contribution in [2.24, 2.45) is 5.92 Å². The fraction of sp³-hybridized carbons (Fsp3) is 0.433. The van der Waals surface area contributed by atoms with E-state index in [4.69, 9.17) is 33.2 Å². The van der Waals surface area contributed by atoms with Gasteiger partial charge in [-0.2, -0.15) is 0 Å². The highest BCUT2D eigenvalue weighted by atomic mass is 16.7. The van der Waals surface area contributed by atoms with E-state index in [1.165, 1.54) is 39.5 Å². The summed E-state index contributed by atoms with van der Waals surface area (Å²) in [7, 11) is 2.65. The van der Waals surface area contributed by atoms with E-state index in [9.17, 15) is 24.3 Å². The van der Waals surface area contributed by atoms with Gasteiger partial charge in [-0.15, -0.1) is 0 Å². The Balaban J connectivity index is 1.87. The zero-order valence-corrected chi connectivity index (χ0v) is 25.0. The molecule has 3 rings (SSSR count). The molecule has 0 bridgehead atoms. The van der Waals surface area contributed by atoms with Crippen LogP contribution in [-0.2, 0) is 38.1 Å². The molecule has 1 fully saturated rings. The second-order valence-corrected chi connectivity index (χ2v) is 9.84. The Morgan fingerprint density at radius 3 is 2.55 bits per heavy atom. The van der Waals surface area contributed by atoms with Gasteiger partial charge in [-0.3, -0.25) is 9.59 Å². The van der Waals surface area contributed by atoms with Crippen molar-refractivity contribution in [2.75, 3.05) is 34.2 Å². The van der Waals surface area contributed by atoms with Crippen LogP contribution in [0.4, 0.5) is 0 Å². The lowest BCUT2D eigenvalue weighted by Gasteiger charge is -2.28. The highest BCUT2D eigenvalue weighted by molar-refractivity contribution is 5.97. The van der Waals surface area contributed by atoms with Gasteiger partial charge in [-0.1, -0.05) is 44.2 Å². The summed E-state index contributed by atoms with van der Waals surface area (Å²) in [4.78, 5) is 55.0. The number of aliphatic hydroxyl groups excluding tert-OH is 1. The largest absolute Gasteiger partial charge is 0.493 e. The first-order valence-electron chi connectivity index (χ1n) is 13.6. The molecule has 2 N–H and O–H groups in total. The molecule has 0 radical (unpaired) electrons. The minimum atomic E-state index is -1.72. The average molecular weight is 617 g/mol. The van der Waals surface area contributed by atoms with Crippen molar-refractivity contribution in [3.63, 3.8) is 0 Å². The van der Waals surface area contributed by atoms with Crippen LogP contribution >= 0.6 is 0 Å². The number of hydrogen-bond donors (Lipinski definition) is 2. The number of carbonyl (C=O) groups excluding carboxylic acids is 4. The van der Waals surface area contributed by atoms with Crippen molar-refractivity contribution in [3.8, 4) is 11.5 Å². The number of esters is 3. The molecule has 1 aromatic heterocycles. The Morgan fingerprint density at radius 2 is 1.89 bits per heavy atom. The number of methoxy groups -OCH3 is 2. The minimum Gasteiger partial charge on any atom is -0.493 e. The summed E-state index contributed by atoms with van der Waals surface area (Å²) in [5.74, 6) is -3.58. The number of aliphatic hydroxyl groups is 1. The van der Waals surface area contributed by atoms with Crippen molar-refractivity contribution < 1.29 is 57.4 Å². The Morgan fingerprint density at radius 1 is 1.16 bits per heavy atom. The van der Waals surface area contributed by atoms with E-state index in [-0.39, 0.29) is 29.4 Å². The van der Waals surface area contributed by atoms with Gasteiger partial charge in [0.1, 0.15) is 19.3 Å². The lowest BCUT2D eigenvalue weighted by Crippen LogP contribution is -2.49. The maximum absolute atomic E-state index is 13.4. The predicted octanol–water partition coefficient (Wildman–Crippen LogP) is 1.65. The molecule has 4 atom stereocenters. The standard InChI is InChI=1S/C30H36N2O12/c1-17(2)28(35)44-25-18(3)43-30(37)21(14-40-29(36)20(25)13-19-9-7-6-8-10-19)32-27(34)24-26(22(39-5)11-12-31-24)42-16-41-23(33)15-38-4/h6-13,17-18,21,25,30,37H,14-16H2,1-5H3,(H,32,34)/b20-13+/t18-,21-,25-,30?/m0/s1. The molecule has 238 valence electrons. The number of rotatable bonds is 11. The number of benzene rings is 1. The van der Waals surface area contributed by atoms with Crippen molar-refractivity contribution in [2.45, 2.75) is 45.3 Å². The molecular weight excluding hydrogens is 580 g/mol. The smallest absolute Gasteiger partial charge is 0.337 e. The molecule has 1 aliphatic heterocycles. The molecule has 1 aliphatic rings. The molecule has 0 aliphatic carbocycles. The summed E-state index contributed by atoms with van der Waals surface area (Å²) >= 11 is 0. The first kappa shape index (κ1) is 34.0. The average Bonchev–Trinajstić information content (AvgIpc) is 3.03.